The summed E-state index contributed by atoms with van der Waals surface area (Å²) in [5, 5.41) is 11.6. The largest absolute Gasteiger partial charge is 0.480 e. The van der Waals surface area contributed by atoms with Crippen LogP contribution < -0.4 is 10.1 Å². The molecule has 0 heterocycles. The van der Waals surface area contributed by atoms with Crippen LogP contribution in [0.15, 0.2) is 46.9 Å². The molecule has 2 aromatic carbocycles. The van der Waals surface area contributed by atoms with E-state index in [1.165, 1.54) is 0 Å². The van der Waals surface area contributed by atoms with Crippen LogP contribution in [0.5, 0.6) is 5.75 Å². The Balaban J connectivity index is 2.04. The molecule has 0 aromatic heterocycles. The number of hydrogen-bond donors (Lipinski definition) is 1. The van der Waals surface area contributed by atoms with Crippen molar-refractivity contribution >= 4 is 27.5 Å². The third-order valence-electron chi connectivity index (χ3n) is 3.02. The number of aryl methyl sites for hydroxylation is 1. The number of nitrogens with zero attached hydrogens (tertiary/aromatic N) is 1. The number of ether oxygens (including phenoxy) is 1. The number of halogens is 1. The van der Waals surface area contributed by atoms with Crippen molar-refractivity contribution in [3.63, 3.8) is 0 Å². The number of hydrogen-bond acceptors (Lipinski definition) is 3. The van der Waals surface area contributed by atoms with Gasteiger partial charge in [0.25, 0.3) is 5.91 Å². The van der Waals surface area contributed by atoms with Gasteiger partial charge in [0.1, 0.15) is 5.75 Å². The molecule has 2 rings (SSSR count). The van der Waals surface area contributed by atoms with E-state index in [1.54, 1.807) is 31.2 Å². The summed E-state index contributed by atoms with van der Waals surface area (Å²) in [4.78, 5) is 12.2. The molecule has 0 aliphatic rings. The Morgan fingerprint density at radius 3 is 2.77 bits per heavy atom. The SMILES string of the molecule is Cc1ccc(O[C@H](C)C(=O)Nc2cccc(C#N)c2)c(Br)c1. The number of rotatable bonds is 4. The van der Waals surface area contributed by atoms with Crippen LogP contribution in [-0.2, 0) is 4.79 Å². The van der Waals surface area contributed by atoms with Gasteiger partial charge in [-0.05, 0) is 65.7 Å². The second-order valence-electron chi connectivity index (χ2n) is 4.88. The molecule has 0 saturated carbocycles. The van der Waals surface area contributed by atoms with Crippen LogP contribution in [0.4, 0.5) is 5.69 Å². The minimum Gasteiger partial charge on any atom is -0.480 e. The number of nitriles is 1. The molecule has 0 bridgehead atoms. The van der Waals surface area contributed by atoms with E-state index in [4.69, 9.17) is 10.00 Å². The van der Waals surface area contributed by atoms with Crippen LogP contribution in [0.1, 0.15) is 18.1 Å². The number of carbonyl (C=O) groups is 1. The molecule has 22 heavy (non-hydrogen) atoms. The van der Waals surface area contributed by atoms with Crippen LogP contribution in [0.2, 0.25) is 0 Å². The molecule has 0 fully saturated rings. The zero-order valence-corrected chi connectivity index (χ0v) is 13.8. The van der Waals surface area contributed by atoms with E-state index in [0.29, 0.717) is 17.0 Å². The molecular formula is C17H15BrN2O2. The quantitative estimate of drug-likeness (QED) is 0.896. The lowest BCUT2D eigenvalue weighted by atomic mass is 10.2. The molecule has 0 saturated heterocycles. The minimum absolute atomic E-state index is 0.275. The first kappa shape index (κ1) is 16.1. The monoisotopic (exact) mass is 358 g/mol. The lowest BCUT2D eigenvalue weighted by Gasteiger charge is -2.16. The molecule has 0 spiro atoms. The fourth-order valence-corrected chi connectivity index (χ4v) is 2.44. The van der Waals surface area contributed by atoms with Crippen molar-refractivity contribution in [2.24, 2.45) is 0 Å². The average molecular weight is 359 g/mol. The molecule has 1 amide bonds. The Labute approximate surface area is 137 Å². The van der Waals surface area contributed by atoms with Gasteiger partial charge < -0.3 is 10.1 Å². The van der Waals surface area contributed by atoms with Gasteiger partial charge in [-0.2, -0.15) is 5.26 Å². The Hall–Kier alpha value is -2.32. The van der Waals surface area contributed by atoms with Gasteiger partial charge in [-0.25, -0.2) is 0 Å². The Bertz CT molecular complexity index is 738. The maximum atomic E-state index is 12.2. The molecule has 0 unspecified atom stereocenters. The highest BCUT2D eigenvalue weighted by Gasteiger charge is 2.16. The molecule has 0 aliphatic heterocycles. The maximum Gasteiger partial charge on any atom is 0.265 e. The number of benzene rings is 2. The van der Waals surface area contributed by atoms with Gasteiger partial charge in [-0.3, -0.25) is 4.79 Å². The van der Waals surface area contributed by atoms with Crippen LogP contribution in [0.3, 0.4) is 0 Å². The van der Waals surface area contributed by atoms with Crippen LogP contribution in [-0.4, -0.2) is 12.0 Å². The second kappa shape index (κ2) is 7.10. The van der Waals surface area contributed by atoms with Gasteiger partial charge in [0.15, 0.2) is 6.10 Å². The first-order chi connectivity index (χ1) is 10.5. The highest BCUT2D eigenvalue weighted by atomic mass is 79.9. The predicted octanol–water partition coefficient (Wildman–Crippen LogP) is 4.04. The van der Waals surface area contributed by atoms with Crippen molar-refractivity contribution in [2.45, 2.75) is 20.0 Å². The molecule has 1 N–H and O–H groups in total. The predicted molar refractivity (Wildman–Crippen MR) is 88.8 cm³/mol. The lowest BCUT2D eigenvalue weighted by Crippen LogP contribution is -2.30. The zero-order valence-electron chi connectivity index (χ0n) is 12.3. The van der Waals surface area contributed by atoms with E-state index in [2.05, 4.69) is 21.2 Å². The molecule has 4 nitrogen and oxygen atoms in total. The topological polar surface area (TPSA) is 62.1 Å². The number of anilines is 1. The Kier molecular flexibility index (Phi) is 5.18. The minimum atomic E-state index is -0.662. The van der Waals surface area contributed by atoms with Gasteiger partial charge in [-0.15, -0.1) is 0 Å². The Morgan fingerprint density at radius 1 is 1.32 bits per heavy atom. The summed E-state index contributed by atoms with van der Waals surface area (Å²) < 4.78 is 6.47. The summed E-state index contributed by atoms with van der Waals surface area (Å²) in [5.74, 6) is 0.335. The summed E-state index contributed by atoms with van der Waals surface area (Å²) in [5.41, 5.74) is 2.17. The van der Waals surface area contributed by atoms with Gasteiger partial charge in [-0.1, -0.05) is 12.1 Å². The van der Waals surface area contributed by atoms with Crippen molar-refractivity contribution < 1.29 is 9.53 Å². The first-order valence-corrected chi connectivity index (χ1v) is 7.52. The lowest BCUT2D eigenvalue weighted by molar-refractivity contribution is -0.122. The van der Waals surface area contributed by atoms with Crippen molar-refractivity contribution in [1.82, 2.24) is 0 Å². The average Bonchev–Trinajstić information content (AvgIpc) is 2.50. The van der Waals surface area contributed by atoms with Crippen LogP contribution in [0, 0.1) is 18.3 Å². The third kappa shape index (κ3) is 4.09. The van der Waals surface area contributed by atoms with E-state index < -0.39 is 6.10 Å². The van der Waals surface area contributed by atoms with Crippen molar-refractivity contribution in [3.05, 3.63) is 58.1 Å². The highest BCUT2D eigenvalue weighted by Crippen LogP contribution is 2.26. The Morgan fingerprint density at radius 2 is 2.09 bits per heavy atom. The second-order valence-corrected chi connectivity index (χ2v) is 5.73. The number of carbonyl (C=O) groups excluding carboxylic acids is 1. The molecule has 0 aliphatic carbocycles. The maximum absolute atomic E-state index is 12.2. The number of amides is 1. The van der Waals surface area contributed by atoms with Crippen molar-refractivity contribution in [3.8, 4) is 11.8 Å². The first-order valence-electron chi connectivity index (χ1n) is 6.73. The van der Waals surface area contributed by atoms with Gasteiger partial charge in [0.05, 0.1) is 16.1 Å². The summed E-state index contributed by atoms with van der Waals surface area (Å²) in [6.07, 6.45) is -0.662. The highest BCUT2D eigenvalue weighted by molar-refractivity contribution is 9.10. The fraction of sp³-hybridized carbons (Fsp3) is 0.176. The van der Waals surface area contributed by atoms with Gasteiger partial charge in [0.2, 0.25) is 0 Å². The summed E-state index contributed by atoms with van der Waals surface area (Å²) in [7, 11) is 0. The van der Waals surface area contributed by atoms with Gasteiger partial charge >= 0.3 is 0 Å². The van der Waals surface area contributed by atoms with Crippen molar-refractivity contribution in [1.29, 1.82) is 5.26 Å². The van der Waals surface area contributed by atoms with E-state index in [-0.39, 0.29) is 5.91 Å². The zero-order chi connectivity index (χ0) is 16.1. The van der Waals surface area contributed by atoms with E-state index in [1.807, 2.05) is 31.2 Å². The van der Waals surface area contributed by atoms with E-state index in [0.717, 1.165) is 10.0 Å². The van der Waals surface area contributed by atoms with Crippen LogP contribution in [0.25, 0.3) is 0 Å². The normalized spacial score (nSPS) is 11.4. The molecule has 2 aromatic rings. The third-order valence-corrected chi connectivity index (χ3v) is 3.64. The summed E-state index contributed by atoms with van der Waals surface area (Å²) >= 11 is 3.42. The smallest absolute Gasteiger partial charge is 0.265 e. The fourth-order valence-electron chi connectivity index (χ4n) is 1.86. The van der Waals surface area contributed by atoms with Gasteiger partial charge in [0, 0.05) is 5.69 Å². The standard InChI is InChI=1S/C17H15BrN2O2/c1-11-6-7-16(15(18)8-11)22-12(2)17(21)20-14-5-3-4-13(9-14)10-19/h3-9,12H,1-2H3,(H,20,21)/t12-/m1/s1. The molecule has 112 valence electrons. The van der Waals surface area contributed by atoms with E-state index >= 15 is 0 Å². The molecule has 1 atom stereocenters. The van der Waals surface area contributed by atoms with Crippen LogP contribution >= 0.6 is 15.9 Å². The molecule has 5 heteroatoms. The summed E-state index contributed by atoms with van der Waals surface area (Å²) in [6, 6.07) is 14.4. The van der Waals surface area contributed by atoms with Crippen molar-refractivity contribution in [2.75, 3.05) is 5.32 Å². The molecule has 0 radical (unpaired) electrons. The molecular weight excluding hydrogens is 344 g/mol. The summed E-state index contributed by atoms with van der Waals surface area (Å²) in [6.45, 7) is 3.66. The number of nitrogens with one attached hydrogen (secondary N) is 1. The van der Waals surface area contributed by atoms with E-state index in [9.17, 15) is 4.79 Å².